The van der Waals surface area contributed by atoms with Crippen LogP contribution in [0.3, 0.4) is 0 Å². The molecule has 2 aliphatic carbocycles. The number of fused-ring (bicyclic) bond motifs is 8. The highest BCUT2D eigenvalue weighted by molar-refractivity contribution is 5.89. The van der Waals surface area contributed by atoms with Gasteiger partial charge in [-0.25, -0.2) is 15.0 Å². The first-order chi connectivity index (χ1) is 32.4. The van der Waals surface area contributed by atoms with E-state index in [9.17, 15) is 0 Å². The summed E-state index contributed by atoms with van der Waals surface area (Å²) in [6.07, 6.45) is 0. The molecule has 0 unspecified atom stereocenters. The Labute approximate surface area is 383 Å². The van der Waals surface area contributed by atoms with Crippen molar-refractivity contribution in [3.05, 3.63) is 246 Å². The molecule has 0 saturated heterocycles. The zero-order chi connectivity index (χ0) is 44.0. The first-order valence-corrected chi connectivity index (χ1v) is 22.5. The molecule has 0 N–H and O–H groups in total. The highest BCUT2D eigenvalue weighted by Crippen LogP contribution is 2.60. The fraction of sp³-hybridized carbons (Fsp3) is 0.0656. The molecule has 0 atom stereocenters. The van der Waals surface area contributed by atoms with Crippen molar-refractivity contribution in [1.82, 2.24) is 15.0 Å². The van der Waals surface area contributed by atoms with Crippen LogP contribution < -0.4 is 9.47 Å². The van der Waals surface area contributed by atoms with Crippen LogP contribution in [-0.4, -0.2) is 15.0 Å². The molecular weight excluding hydrogens is 807 g/mol. The Balaban J connectivity index is 0.907. The van der Waals surface area contributed by atoms with Gasteiger partial charge in [0.15, 0.2) is 40.5 Å². The molecule has 1 aliphatic heterocycles. The lowest BCUT2D eigenvalue weighted by atomic mass is 9.67. The molecule has 0 spiro atoms. The topological polar surface area (TPSA) is 57.1 Å². The van der Waals surface area contributed by atoms with Crippen molar-refractivity contribution >= 4 is 0 Å². The van der Waals surface area contributed by atoms with Gasteiger partial charge in [0.2, 0.25) is 0 Å². The van der Waals surface area contributed by atoms with E-state index in [2.05, 4.69) is 184 Å². The number of hydrogen-bond acceptors (Lipinski definition) is 5. The minimum absolute atomic E-state index is 0.158. The molecule has 5 nitrogen and oxygen atoms in total. The van der Waals surface area contributed by atoms with Gasteiger partial charge in [0, 0.05) is 27.7 Å². The van der Waals surface area contributed by atoms with E-state index in [0.29, 0.717) is 40.5 Å². The van der Waals surface area contributed by atoms with Crippen LogP contribution in [0.15, 0.2) is 212 Å². The Morgan fingerprint density at radius 1 is 0.318 bits per heavy atom. The Hall–Kier alpha value is -8.41. The number of rotatable bonds is 6. The summed E-state index contributed by atoms with van der Waals surface area (Å²) >= 11 is 0. The van der Waals surface area contributed by atoms with Crippen molar-refractivity contribution < 1.29 is 9.47 Å². The van der Waals surface area contributed by atoms with Gasteiger partial charge in [-0.3, -0.25) is 0 Å². The Morgan fingerprint density at radius 3 is 1.55 bits per heavy atom. The summed E-state index contributed by atoms with van der Waals surface area (Å²) in [5, 5.41) is 0. The molecule has 0 saturated carbocycles. The van der Waals surface area contributed by atoms with Crippen molar-refractivity contribution in [2.45, 2.75) is 24.7 Å². The average Bonchev–Trinajstić information content (AvgIpc) is 3.80. The number of nitrogens with zero attached hydrogens (tertiary/aromatic N) is 3. The van der Waals surface area contributed by atoms with Crippen molar-refractivity contribution in [3.8, 4) is 90.5 Å². The molecule has 9 aromatic carbocycles. The maximum atomic E-state index is 6.99. The van der Waals surface area contributed by atoms with Gasteiger partial charge in [-0.1, -0.05) is 196 Å². The lowest BCUT2D eigenvalue weighted by Gasteiger charge is -2.34. The Bertz CT molecular complexity index is 3530. The SMILES string of the molecule is CC1(C)c2ccccc2-c2ccc(-c3nc(-c4ccccc4)nc(-c4cccc(-c5cccc6c5Oc5cc7c(cc5O6)C(c5ccccc5)(c5ccccc5)c5ccccc5-7)c4)n3)cc21. The second-order valence-electron chi connectivity index (χ2n) is 17.9. The van der Waals surface area contributed by atoms with Gasteiger partial charge < -0.3 is 9.47 Å². The summed E-state index contributed by atoms with van der Waals surface area (Å²) in [4.78, 5) is 15.4. The maximum absolute atomic E-state index is 6.99. The van der Waals surface area contributed by atoms with Crippen LogP contribution >= 0.6 is 0 Å². The van der Waals surface area contributed by atoms with Crippen LogP contribution in [0.25, 0.3) is 67.5 Å². The van der Waals surface area contributed by atoms with Gasteiger partial charge in [-0.2, -0.15) is 0 Å². The summed E-state index contributed by atoms with van der Waals surface area (Å²) < 4.78 is 13.9. The van der Waals surface area contributed by atoms with Gasteiger partial charge in [-0.15, -0.1) is 0 Å². The summed E-state index contributed by atoms with van der Waals surface area (Å²) in [6, 6.07) is 74.6. The van der Waals surface area contributed by atoms with Crippen LogP contribution in [0.5, 0.6) is 23.0 Å². The minimum Gasteiger partial charge on any atom is -0.449 e. The summed E-state index contributed by atoms with van der Waals surface area (Å²) in [5.41, 5.74) is 16.1. The lowest BCUT2D eigenvalue weighted by molar-refractivity contribution is 0.360. The van der Waals surface area contributed by atoms with Crippen molar-refractivity contribution in [2.24, 2.45) is 0 Å². The smallest absolute Gasteiger partial charge is 0.177 e. The van der Waals surface area contributed by atoms with Gasteiger partial charge in [0.05, 0.1) is 5.41 Å². The number of ether oxygens (including phenoxy) is 2. The molecule has 3 aliphatic rings. The molecule has 66 heavy (non-hydrogen) atoms. The van der Waals surface area contributed by atoms with E-state index in [4.69, 9.17) is 24.4 Å². The van der Waals surface area contributed by atoms with Crippen LogP contribution in [0.2, 0.25) is 0 Å². The summed E-state index contributed by atoms with van der Waals surface area (Å²) in [7, 11) is 0. The molecule has 13 rings (SSSR count). The van der Waals surface area contributed by atoms with E-state index in [-0.39, 0.29) is 5.41 Å². The number of benzene rings is 9. The third-order valence-corrected chi connectivity index (χ3v) is 13.9. The molecule has 0 amide bonds. The zero-order valence-corrected chi connectivity index (χ0v) is 36.4. The highest BCUT2D eigenvalue weighted by Gasteiger charge is 2.47. The highest BCUT2D eigenvalue weighted by atomic mass is 16.6. The largest absolute Gasteiger partial charge is 0.449 e. The van der Waals surface area contributed by atoms with Crippen molar-refractivity contribution in [2.75, 3.05) is 0 Å². The van der Waals surface area contributed by atoms with E-state index in [1.165, 1.54) is 44.5 Å². The van der Waals surface area contributed by atoms with Crippen LogP contribution in [0.1, 0.15) is 47.2 Å². The van der Waals surface area contributed by atoms with Gasteiger partial charge in [0.1, 0.15) is 0 Å². The number of aromatic nitrogens is 3. The quantitative estimate of drug-likeness (QED) is 0.167. The standard InChI is InChI=1S/C61H41N3O2/c1-60(2)49-29-14-12-26-45(49)47-33-32-41(35-51(47)60)59-63-57(38-18-6-3-7-19-38)62-58(64-59)40-21-16-20-39(34-40)44-28-17-31-53-56(44)66-54-36-48-46-27-13-15-30-50(46)61(42-22-8-4-9-23-42,43-24-10-5-11-25-43)52(48)37-55(54)65-53/h3-37H,1-2H3. The van der Waals surface area contributed by atoms with E-state index >= 15 is 0 Å². The Morgan fingerprint density at radius 2 is 0.833 bits per heavy atom. The molecule has 10 aromatic rings. The van der Waals surface area contributed by atoms with E-state index in [1.807, 2.05) is 42.5 Å². The lowest BCUT2D eigenvalue weighted by Crippen LogP contribution is -2.28. The monoisotopic (exact) mass is 847 g/mol. The van der Waals surface area contributed by atoms with Gasteiger partial charge >= 0.3 is 0 Å². The van der Waals surface area contributed by atoms with Crippen LogP contribution in [-0.2, 0) is 10.8 Å². The van der Waals surface area contributed by atoms with E-state index < -0.39 is 5.41 Å². The molecule has 1 aromatic heterocycles. The fourth-order valence-electron chi connectivity index (χ4n) is 10.8. The maximum Gasteiger partial charge on any atom is 0.177 e. The second-order valence-corrected chi connectivity index (χ2v) is 17.9. The van der Waals surface area contributed by atoms with Crippen molar-refractivity contribution in [1.29, 1.82) is 0 Å². The van der Waals surface area contributed by atoms with Crippen molar-refractivity contribution in [3.63, 3.8) is 0 Å². The third kappa shape index (κ3) is 5.69. The Kier molecular flexibility index (Phi) is 8.40. The summed E-state index contributed by atoms with van der Waals surface area (Å²) in [6.45, 7) is 4.59. The molecule has 2 heterocycles. The van der Waals surface area contributed by atoms with Gasteiger partial charge in [0.25, 0.3) is 0 Å². The van der Waals surface area contributed by atoms with E-state index in [1.54, 1.807) is 0 Å². The zero-order valence-electron chi connectivity index (χ0n) is 36.4. The summed E-state index contributed by atoms with van der Waals surface area (Å²) in [5.74, 6) is 4.50. The molecule has 0 bridgehead atoms. The van der Waals surface area contributed by atoms with Crippen LogP contribution in [0.4, 0.5) is 0 Å². The molecule has 5 heteroatoms. The first-order valence-electron chi connectivity index (χ1n) is 22.5. The second kappa shape index (κ2) is 14.6. The fourth-order valence-corrected chi connectivity index (χ4v) is 10.8. The number of para-hydroxylation sites is 1. The third-order valence-electron chi connectivity index (χ3n) is 13.9. The van der Waals surface area contributed by atoms with Gasteiger partial charge in [-0.05, 0) is 91.5 Å². The normalized spacial score (nSPS) is 14.1. The average molecular weight is 848 g/mol. The van der Waals surface area contributed by atoms with E-state index in [0.717, 1.165) is 38.9 Å². The predicted molar refractivity (Wildman–Crippen MR) is 263 cm³/mol. The molecule has 0 radical (unpaired) electrons. The van der Waals surface area contributed by atoms with Crippen LogP contribution in [0, 0.1) is 0 Å². The molecule has 0 fully saturated rings. The first kappa shape index (κ1) is 38.1. The molecular formula is C61H41N3O2. The molecule has 312 valence electrons. The number of hydrogen-bond donors (Lipinski definition) is 0. The minimum atomic E-state index is -0.548. The predicted octanol–water partition coefficient (Wildman–Crippen LogP) is 15.1.